The van der Waals surface area contributed by atoms with Gasteiger partial charge in [0.25, 0.3) is 11.7 Å². The third-order valence-electron chi connectivity index (χ3n) is 2.96. The Morgan fingerprint density at radius 2 is 1.82 bits per heavy atom. The molecule has 0 bridgehead atoms. The van der Waals surface area contributed by atoms with Crippen molar-refractivity contribution in [1.82, 2.24) is 4.90 Å². The molecule has 1 unspecified atom stereocenters. The lowest BCUT2D eigenvalue weighted by molar-refractivity contribution is -0.139. The SMILES string of the molecule is C/C(N)=C1/C(=O)C(=O)N(C)C1c1ccccc1. The summed E-state index contributed by atoms with van der Waals surface area (Å²) >= 11 is 0. The molecule has 1 aromatic rings. The summed E-state index contributed by atoms with van der Waals surface area (Å²) in [6.07, 6.45) is 0. The number of nitrogens with two attached hydrogens (primary N) is 1. The van der Waals surface area contributed by atoms with Crippen molar-refractivity contribution in [2.75, 3.05) is 7.05 Å². The Morgan fingerprint density at radius 3 is 2.35 bits per heavy atom. The van der Waals surface area contributed by atoms with Gasteiger partial charge < -0.3 is 10.6 Å². The van der Waals surface area contributed by atoms with Crippen molar-refractivity contribution < 1.29 is 9.59 Å². The third-order valence-corrected chi connectivity index (χ3v) is 2.96. The van der Waals surface area contributed by atoms with E-state index in [1.807, 2.05) is 30.3 Å². The topological polar surface area (TPSA) is 63.4 Å². The van der Waals surface area contributed by atoms with Gasteiger partial charge >= 0.3 is 0 Å². The number of hydrogen-bond acceptors (Lipinski definition) is 3. The molecule has 1 saturated heterocycles. The number of carbonyl (C=O) groups is 2. The first kappa shape index (κ1) is 11.4. The number of carbonyl (C=O) groups excluding carboxylic acids is 2. The number of likely N-dealkylation sites (tertiary alicyclic amines) is 1. The second kappa shape index (κ2) is 4.05. The van der Waals surface area contributed by atoms with Crippen molar-refractivity contribution in [2.45, 2.75) is 13.0 Å². The summed E-state index contributed by atoms with van der Waals surface area (Å²) in [4.78, 5) is 24.9. The van der Waals surface area contributed by atoms with Gasteiger partial charge in [-0.05, 0) is 12.5 Å². The number of allylic oxidation sites excluding steroid dienone is 1. The number of hydrogen-bond donors (Lipinski definition) is 1. The van der Waals surface area contributed by atoms with Crippen LogP contribution < -0.4 is 5.73 Å². The second-order valence-electron chi connectivity index (χ2n) is 4.16. The molecule has 1 fully saturated rings. The average molecular weight is 230 g/mol. The molecule has 4 heteroatoms. The Bertz CT molecular complexity index is 501. The number of ketones is 1. The van der Waals surface area contributed by atoms with Crippen LogP contribution in [0.15, 0.2) is 41.6 Å². The van der Waals surface area contributed by atoms with Crippen LogP contribution in [0.25, 0.3) is 0 Å². The van der Waals surface area contributed by atoms with Gasteiger partial charge in [-0.3, -0.25) is 9.59 Å². The summed E-state index contributed by atoms with van der Waals surface area (Å²) in [6.45, 7) is 1.65. The smallest absolute Gasteiger partial charge is 0.295 e. The van der Waals surface area contributed by atoms with Gasteiger partial charge in [0.15, 0.2) is 0 Å². The van der Waals surface area contributed by atoms with Gasteiger partial charge in [0.2, 0.25) is 0 Å². The number of amides is 1. The maximum absolute atomic E-state index is 11.8. The van der Waals surface area contributed by atoms with Gasteiger partial charge in [0.05, 0.1) is 11.6 Å². The summed E-state index contributed by atoms with van der Waals surface area (Å²) < 4.78 is 0. The molecule has 0 spiro atoms. The summed E-state index contributed by atoms with van der Waals surface area (Å²) in [5, 5.41) is 0. The summed E-state index contributed by atoms with van der Waals surface area (Å²) in [5.74, 6) is -1.000. The highest BCUT2D eigenvalue weighted by Crippen LogP contribution is 2.34. The molecule has 1 atom stereocenters. The zero-order valence-corrected chi connectivity index (χ0v) is 9.81. The first-order valence-corrected chi connectivity index (χ1v) is 5.36. The molecular weight excluding hydrogens is 216 g/mol. The van der Waals surface area contributed by atoms with E-state index >= 15 is 0 Å². The highest BCUT2D eigenvalue weighted by molar-refractivity contribution is 6.45. The van der Waals surface area contributed by atoms with Crippen LogP contribution in [0.2, 0.25) is 0 Å². The molecule has 1 aliphatic rings. The molecule has 0 radical (unpaired) electrons. The van der Waals surface area contributed by atoms with E-state index in [1.54, 1.807) is 14.0 Å². The van der Waals surface area contributed by atoms with Gasteiger partial charge in [-0.1, -0.05) is 30.3 Å². The van der Waals surface area contributed by atoms with E-state index < -0.39 is 11.7 Å². The molecule has 0 saturated carbocycles. The molecule has 1 aliphatic heterocycles. The lowest BCUT2D eigenvalue weighted by Gasteiger charge is -2.20. The van der Waals surface area contributed by atoms with Crippen LogP contribution >= 0.6 is 0 Å². The Morgan fingerprint density at radius 1 is 1.24 bits per heavy atom. The van der Waals surface area contributed by atoms with E-state index in [-0.39, 0.29) is 6.04 Å². The molecule has 17 heavy (non-hydrogen) atoms. The van der Waals surface area contributed by atoms with Crippen LogP contribution in [0.5, 0.6) is 0 Å². The minimum atomic E-state index is -0.501. The van der Waals surface area contributed by atoms with Crippen LogP contribution in [-0.4, -0.2) is 23.6 Å². The van der Waals surface area contributed by atoms with Gasteiger partial charge in [-0.2, -0.15) is 0 Å². The fraction of sp³-hybridized carbons (Fsp3) is 0.231. The highest BCUT2D eigenvalue weighted by atomic mass is 16.2. The zero-order chi connectivity index (χ0) is 12.6. The highest BCUT2D eigenvalue weighted by Gasteiger charge is 2.42. The van der Waals surface area contributed by atoms with E-state index in [0.717, 1.165) is 5.56 Å². The lowest BCUT2D eigenvalue weighted by atomic mass is 9.98. The normalized spacial score (nSPS) is 23.2. The van der Waals surface area contributed by atoms with Gasteiger partial charge in [-0.15, -0.1) is 0 Å². The quantitative estimate of drug-likeness (QED) is 0.578. The summed E-state index contributed by atoms with van der Waals surface area (Å²) in [6, 6.07) is 9.05. The number of Topliss-reactive ketones (excluding diaryl/α,β-unsaturated/α-hetero) is 1. The van der Waals surface area contributed by atoms with E-state index in [1.165, 1.54) is 4.90 Å². The molecule has 2 rings (SSSR count). The van der Waals surface area contributed by atoms with Gasteiger partial charge in [0.1, 0.15) is 0 Å². The number of rotatable bonds is 1. The lowest BCUT2D eigenvalue weighted by Crippen LogP contribution is -2.24. The molecule has 88 valence electrons. The van der Waals surface area contributed by atoms with Crippen molar-refractivity contribution in [3.8, 4) is 0 Å². The Balaban J connectivity index is 2.56. The van der Waals surface area contributed by atoms with Crippen LogP contribution in [-0.2, 0) is 9.59 Å². The zero-order valence-electron chi connectivity index (χ0n) is 9.81. The predicted molar refractivity (Wildman–Crippen MR) is 63.8 cm³/mol. The van der Waals surface area contributed by atoms with Crippen LogP contribution in [0, 0.1) is 0 Å². The largest absolute Gasteiger partial charge is 0.402 e. The molecule has 2 N–H and O–H groups in total. The fourth-order valence-corrected chi connectivity index (χ4v) is 2.13. The number of likely N-dealkylation sites (N-methyl/N-ethyl adjacent to an activating group) is 1. The molecular formula is C13H14N2O2. The predicted octanol–water partition coefficient (Wildman–Crippen LogP) is 1.00. The summed E-state index contributed by atoms with van der Waals surface area (Å²) in [5.41, 5.74) is 7.41. The minimum Gasteiger partial charge on any atom is -0.402 e. The molecule has 1 heterocycles. The number of nitrogens with zero attached hydrogens (tertiary/aromatic N) is 1. The maximum atomic E-state index is 11.8. The average Bonchev–Trinajstić information content (AvgIpc) is 2.55. The standard InChI is InChI=1S/C13H14N2O2/c1-8(14)10-11(9-6-4-3-5-7-9)15(2)13(17)12(10)16/h3-7,11H,14H2,1-2H3/b10-8-. The number of benzene rings is 1. The van der Waals surface area contributed by atoms with Crippen molar-refractivity contribution in [1.29, 1.82) is 0 Å². The van der Waals surface area contributed by atoms with Crippen LogP contribution in [0.4, 0.5) is 0 Å². The molecule has 0 aliphatic carbocycles. The molecule has 1 aromatic carbocycles. The Labute approximate surface area is 99.7 Å². The first-order chi connectivity index (χ1) is 8.04. The Kier molecular flexibility index (Phi) is 2.71. The first-order valence-electron chi connectivity index (χ1n) is 5.36. The van der Waals surface area contributed by atoms with Gasteiger partial charge in [0, 0.05) is 12.7 Å². The second-order valence-corrected chi connectivity index (χ2v) is 4.16. The summed E-state index contributed by atoms with van der Waals surface area (Å²) in [7, 11) is 1.62. The van der Waals surface area contributed by atoms with Crippen LogP contribution in [0.3, 0.4) is 0 Å². The van der Waals surface area contributed by atoms with Crippen LogP contribution in [0.1, 0.15) is 18.5 Å². The minimum absolute atomic E-state index is 0.360. The maximum Gasteiger partial charge on any atom is 0.295 e. The van der Waals surface area contributed by atoms with Crippen molar-refractivity contribution in [3.05, 3.63) is 47.2 Å². The van der Waals surface area contributed by atoms with Crippen molar-refractivity contribution in [3.63, 3.8) is 0 Å². The monoisotopic (exact) mass is 230 g/mol. The Hall–Kier alpha value is -2.10. The van der Waals surface area contributed by atoms with Gasteiger partial charge in [-0.25, -0.2) is 0 Å². The van der Waals surface area contributed by atoms with E-state index in [4.69, 9.17) is 5.73 Å². The van der Waals surface area contributed by atoms with Crippen molar-refractivity contribution in [2.24, 2.45) is 5.73 Å². The third kappa shape index (κ3) is 1.71. The van der Waals surface area contributed by atoms with Crippen molar-refractivity contribution >= 4 is 11.7 Å². The fourth-order valence-electron chi connectivity index (χ4n) is 2.13. The van der Waals surface area contributed by atoms with E-state index in [2.05, 4.69) is 0 Å². The molecule has 1 amide bonds. The molecule has 0 aromatic heterocycles. The molecule has 4 nitrogen and oxygen atoms in total. The van der Waals surface area contributed by atoms with E-state index in [9.17, 15) is 9.59 Å². The van der Waals surface area contributed by atoms with E-state index in [0.29, 0.717) is 11.3 Å².